The maximum Gasteiger partial charge on any atom is 0.116 e. The third kappa shape index (κ3) is 2.33. The molecule has 4 nitrogen and oxygen atoms in total. The summed E-state index contributed by atoms with van der Waals surface area (Å²) in [5.74, 6) is 0. The predicted molar refractivity (Wildman–Crippen MR) is 58.5 cm³/mol. The average molecular weight is 205 g/mol. The molecule has 0 saturated carbocycles. The molecule has 0 amide bonds. The molecular formula is C11H15N3O. The summed E-state index contributed by atoms with van der Waals surface area (Å²) in [4.78, 5) is 0. The number of aliphatic hydroxyl groups is 1. The minimum atomic E-state index is 0.286. The van der Waals surface area contributed by atoms with Crippen LogP contribution in [0.25, 0.3) is 11.0 Å². The van der Waals surface area contributed by atoms with E-state index in [4.69, 9.17) is 5.11 Å². The summed E-state index contributed by atoms with van der Waals surface area (Å²) in [6.45, 7) is 0.286. The van der Waals surface area contributed by atoms with E-state index in [9.17, 15) is 0 Å². The Morgan fingerprint density at radius 2 is 2.13 bits per heavy atom. The maximum absolute atomic E-state index is 8.67. The van der Waals surface area contributed by atoms with E-state index in [0.29, 0.717) is 0 Å². The van der Waals surface area contributed by atoms with E-state index in [-0.39, 0.29) is 6.61 Å². The van der Waals surface area contributed by atoms with Crippen LogP contribution in [-0.2, 0) is 6.42 Å². The summed E-state index contributed by atoms with van der Waals surface area (Å²) in [5, 5.41) is 19.4. The lowest BCUT2D eigenvalue weighted by Gasteiger charge is -2.00. The predicted octanol–water partition coefficient (Wildman–Crippen LogP) is 1.66. The van der Waals surface area contributed by atoms with Gasteiger partial charge >= 0.3 is 0 Å². The van der Waals surface area contributed by atoms with E-state index in [0.717, 1.165) is 36.7 Å². The number of rotatable bonds is 5. The Balaban J connectivity index is 2.04. The molecule has 15 heavy (non-hydrogen) atoms. The highest BCUT2D eigenvalue weighted by molar-refractivity contribution is 5.77. The Hall–Kier alpha value is -1.42. The van der Waals surface area contributed by atoms with Gasteiger partial charge in [0.15, 0.2) is 0 Å². The van der Waals surface area contributed by atoms with E-state index in [1.54, 1.807) is 0 Å². The molecule has 0 radical (unpaired) electrons. The van der Waals surface area contributed by atoms with Gasteiger partial charge in [-0.15, -0.1) is 5.10 Å². The van der Waals surface area contributed by atoms with E-state index in [1.807, 2.05) is 12.1 Å². The lowest BCUT2D eigenvalue weighted by atomic mass is 10.1. The molecule has 80 valence electrons. The molecule has 0 fully saturated rings. The first-order valence-corrected chi connectivity index (χ1v) is 5.31. The SMILES string of the molecule is OCCCCCc1cccc2[nH]nnc12. The van der Waals surface area contributed by atoms with Gasteiger partial charge in [0.1, 0.15) is 5.52 Å². The normalized spacial score (nSPS) is 11.0. The zero-order valence-corrected chi connectivity index (χ0v) is 8.61. The van der Waals surface area contributed by atoms with Crippen molar-refractivity contribution in [3.05, 3.63) is 23.8 Å². The number of nitrogens with zero attached hydrogens (tertiary/aromatic N) is 2. The molecule has 0 aliphatic rings. The van der Waals surface area contributed by atoms with Crippen LogP contribution in [0.4, 0.5) is 0 Å². The Bertz CT molecular complexity index is 424. The fraction of sp³-hybridized carbons (Fsp3) is 0.455. The highest BCUT2D eigenvalue weighted by Gasteiger charge is 2.03. The molecule has 4 heteroatoms. The lowest BCUT2D eigenvalue weighted by molar-refractivity contribution is 0.283. The van der Waals surface area contributed by atoms with Gasteiger partial charge in [-0.25, -0.2) is 0 Å². The minimum absolute atomic E-state index is 0.286. The number of aryl methyl sites for hydroxylation is 1. The fourth-order valence-electron chi connectivity index (χ4n) is 1.73. The second-order valence-corrected chi connectivity index (χ2v) is 3.66. The van der Waals surface area contributed by atoms with Crippen LogP contribution in [0.1, 0.15) is 24.8 Å². The number of benzene rings is 1. The van der Waals surface area contributed by atoms with Crippen LogP contribution < -0.4 is 0 Å². The zero-order chi connectivity index (χ0) is 10.5. The summed E-state index contributed by atoms with van der Waals surface area (Å²) < 4.78 is 0. The molecule has 2 rings (SSSR count). The summed E-state index contributed by atoms with van der Waals surface area (Å²) in [6, 6.07) is 6.08. The molecule has 2 N–H and O–H groups in total. The van der Waals surface area contributed by atoms with Crippen LogP contribution in [0.15, 0.2) is 18.2 Å². The van der Waals surface area contributed by atoms with Crippen LogP contribution in [-0.4, -0.2) is 27.1 Å². The van der Waals surface area contributed by atoms with Gasteiger partial charge in [-0.05, 0) is 30.9 Å². The van der Waals surface area contributed by atoms with Crippen LogP contribution in [0, 0.1) is 0 Å². The van der Waals surface area contributed by atoms with E-state index in [1.165, 1.54) is 5.56 Å². The summed E-state index contributed by atoms with van der Waals surface area (Å²) in [5.41, 5.74) is 3.20. The molecule has 0 spiro atoms. The van der Waals surface area contributed by atoms with Crippen LogP contribution in [0.5, 0.6) is 0 Å². The molecule has 0 aliphatic carbocycles. The Morgan fingerprint density at radius 3 is 3.00 bits per heavy atom. The zero-order valence-electron chi connectivity index (χ0n) is 8.61. The van der Waals surface area contributed by atoms with Crippen LogP contribution in [0.2, 0.25) is 0 Å². The fourth-order valence-corrected chi connectivity index (χ4v) is 1.73. The van der Waals surface area contributed by atoms with Gasteiger partial charge in [-0.3, -0.25) is 5.10 Å². The van der Waals surface area contributed by atoms with Crippen molar-refractivity contribution in [3.63, 3.8) is 0 Å². The maximum atomic E-state index is 8.67. The van der Waals surface area contributed by atoms with Gasteiger partial charge < -0.3 is 5.11 Å². The lowest BCUT2D eigenvalue weighted by Crippen LogP contribution is -1.89. The van der Waals surface area contributed by atoms with E-state index >= 15 is 0 Å². The second-order valence-electron chi connectivity index (χ2n) is 3.66. The van der Waals surface area contributed by atoms with Gasteiger partial charge in [0.25, 0.3) is 0 Å². The Labute approximate surface area is 88.3 Å². The number of hydrogen-bond donors (Lipinski definition) is 2. The van der Waals surface area contributed by atoms with Crippen molar-refractivity contribution in [2.24, 2.45) is 0 Å². The molecule has 0 unspecified atom stereocenters. The molecule has 1 aromatic heterocycles. The van der Waals surface area contributed by atoms with Crippen molar-refractivity contribution in [1.29, 1.82) is 0 Å². The smallest absolute Gasteiger partial charge is 0.116 e. The van der Waals surface area contributed by atoms with Crippen molar-refractivity contribution < 1.29 is 5.11 Å². The standard InChI is InChI=1S/C11H15N3O/c15-8-3-1-2-5-9-6-4-7-10-11(9)13-14-12-10/h4,6-7,15H,1-3,5,8H2,(H,12,13,14). The molecular weight excluding hydrogens is 190 g/mol. The minimum Gasteiger partial charge on any atom is -0.396 e. The van der Waals surface area contributed by atoms with Gasteiger partial charge in [0, 0.05) is 6.61 Å². The monoisotopic (exact) mass is 205 g/mol. The van der Waals surface area contributed by atoms with Gasteiger partial charge in [0.05, 0.1) is 5.52 Å². The van der Waals surface area contributed by atoms with Crippen LogP contribution in [0.3, 0.4) is 0 Å². The number of hydrogen-bond acceptors (Lipinski definition) is 3. The van der Waals surface area contributed by atoms with Crippen molar-refractivity contribution in [1.82, 2.24) is 15.4 Å². The number of unbranched alkanes of at least 4 members (excludes halogenated alkanes) is 2. The highest BCUT2D eigenvalue weighted by Crippen LogP contribution is 2.16. The van der Waals surface area contributed by atoms with Crippen molar-refractivity contribution >= 4 is 11.0 Å². The third-order valence-corrected chi connectivity index (χ3v) is 2.54. The van der Waals surface area contributed by atoms with Gasteiger partial charge in [-0.1, -0.05) is 23.8 Å². The summed E-state index contributed by atoms with van der Waals surface area (Å²) in [7, 11) is 0. The first kappa shape index (κ1) is 10.1. The van der Waals surface area contributed by atoms with Crippen LogP contribution >= 0.6 is 0 Å². The molecule has 2 aromatic rings. The molecule has 0 saturated heterocycles. The molecule has 1 aromatic carbocycles. The Kier molecular flexibility index (Phi) is 3.29. The topological polar surface area (TPSA) is 61.8 Å². The summed E-state index contributed by atoms with van der Waals surface area (Å²) in [6.07, 6.45) is 4.04. The van der Waals surface area contributed by atoms with E-state index in [2.05, 4.69) is 21.5 Å². The second kappa shape index (κ2) is 4.89. The largest absolute Gasteiger partial charge is 0.396 e. The molecule has 0 aliphatic heterocycles. The van der Waals surface area contributed by atoms with Crippen molar-refractivity contribution in [2.45, 2.75) is 25.7 Å². The van der Waals surface area contributed by atoms with Crippen molar-refractivity contribution in [3.8, 4) is 0 Å². The number of H-pyrrole nitrogens is 1. The third-order valence-electron chi connectivity index (χ3n) is 2.54. The number of aromatic amines is 1. The van der Waals surface area contributed by atoms with Crippen molar-refractivity contribution in [2.75, 3.05) is 6.61 Å². The quantitative estimate of drug-likeness (QED) is 0.730. The average Bonchev–Trinajstić information content (AvgIpc) is 2.73. The Morgan fingerprint density at radius 1 is 1.20 bits per heavy atom. The molecule has 0 bridgehead atoms. The first-order chi connectivity index (χ1) is 7.42. The highest BCUT2D eigenvalue weighted by atomic mass is 16.2. The first-order valence-electron chi connectivity index (χ1n) is 5.31. The number of aromatic nitrogens is 3. The number of fused-ring (bicyclic) bond motifs is 1. The molecule has 0 atom stereocenters. The van der Waals surface area contributed by atoms with E-state index < -0.39 is 0 Å². The number of aliphatic hydroxyl groups excluding tert-OH is 1. The van der Waals surface area contributed by atoms with Gasteiger partial charge in [-0.2, -0.15) is 0 Å². The number of nitrogens with one attached hydrogen (secondary N) is 1. The van der Waals surface area contributed by atoms with Gasteiger partial charge in [0.2, 0.25) is 0 Å². The summed E-state index contributed by atoms with van der Waals surface area (Å²) >= 11 is 0. The molecule has 1 heterocycles.